The summed E-state index contributed by atoms with van der Waals surface area (Å²) in [6.07, 6.45) is 7.01. The van der Waals surface area contributed by atoms with Crippen molar-refractivity contribution in [2.75, 3.05) is 12.3 Å². The van der Waals surface area contributed by atoms with Crippen molar-refractivity contribution in [1.82, 2.24) is 25.5 Å². The average Bonchev–Trinajstić information content (AvgIpc) is 3.34. The average molecular weight is 404 g/mol. The standard InChI is InChI=1S/C20H29N5O2S/c26-18(14-16-8-4-3-5-9-16)12-11-17-15-28-20(27)25(17)13-7-2-1-6-10-19-21-23-24-22-19/h3-5,8-9,17-18,26H,1-2,6-7,10-15H2,(H,21,22,23,24). The van der Waals surface area contributed by atoms with Gasteiger partial charge in [-0.05, 0) is 37.7 Å². The van der Waals surface area contributed by atoms with E-state index in [9.17, 15) is 9.90 Å². The molecule has 1 aliphatic rings. The Labute approximate surface area is 170 Å². The SMILES string of the molecule is O=C1SCC(CCC(O)Cc2ccccc2)N1CCCCCCc1nn[nH]n1. The number of thioether (sulfide) groups is 1. The van der Waals surface area contributed by atoms with Crippen LogP contribution in [-0.2, 0) is 12.8 Å². The molecule has 0 saturated carbocycles. The second-order valence-corrected chi connectivity index (χ2v) is 8.31. The zero-order valence-electron chi connectivity index (χ0n) is 16.2. The minimum atomic E-state index is -0.352. The lowest BCUT2D eigenvalue weighted by molar-refractivity contribution is 0.146. The molecule has 28 heavy (non-hydrogen) atoms. The molecule has 0 aliphatic carbocycles. The third-order valence-electron chi connectivity index (χ3n) is 5.16. The highest BCUT2D eigenvalue weighted by molar-refractivity contribution is 8.13. The van der Waals surface area contributed by atoms with Crippen molar-refractivity contribution in [2.45, 2.75) is 63.5 Å². The molecule has 1 amide bonds. The lowest BCUT2D eigenvalue weighted by Crippen LogP contribution is -2.35. The number of aliphatic hydroxyl groups excluding tert-OH is 1. The Morgan fingerprint density at radius 1 is 1.21 bits per heavy atom. The zero-order valence-corrected chi connectivity index (χ0v) is 17.0. The van der Waals surface area contributed by atoms with E-state index < -0.39 is 0 Å². The quantitative estimate of drug-likeness (QED) is 0.528. The van der Waals surface area contributed by atoms with E-state index in [0.717, 1.165) is 68.6 Å². The number of aryl methyl sites for hydroxylation is 1. The first kappa shape index (κ1) is 20.8. The predicted octanol–water partition coefficient (Wildman–Crippen LogP) is 3.22. The molecular formula is C20H29N5O2S. The zero-order chi connectivity index (χ0) is 19.6. The fraction of sp³-hybridized carbons (Fsp3) is 0.600. The van der Waals surface area contributed by atoms with Crippen LogP contribution in [0.4, 0.5) is 4.79 Å². The van der Waals surface area contributed by atoms with Crippen LogP contribution >= 0.6 is 11.8 Å². The first-order chi connectivity index (χ1) is 13.7. The third-order valence-corrected chi connectivity index (χ3v) is 6.19. The van der Waals surface area contributed by atoms with Crippen molar-refractivity contribution in [3.05, 3.63) is 41.7 Å². The molecular weight excluding hydrogens is 374 g/mol. The fourth-order valence-corrected chi connectivity index (χ4v) is 4.67. The number of carbonyl (C=O) groups excluding carboxylic acids is 1. The highest BCUT2D eigenvalue weighted by Crippen LogP contribution is 2.28. The van der Waals surface area contributed by atoms with Crippen LogP contribution < -0.4 is 0 Å². The maximum atomic E-state index is 12.2. The molecule has 3 rings (SSSR count). The van der Waals surface area contributed by atoms with Gasteiger partial charge in [0.25, 0.3) is 5.24 Å². The Balaban J connectivity index is 1.32. The first-order valence-corrected chi connectivity index (χ1v) is 11.1. The lowest BCUT2D eigenvalue weighted by Gasteiger charge is -2.24. The van der Waals surface area contributed by atoms with Crippen molar-refractivity contribution >= 4 is 17.0 Å². The van der Waals surface area contributed by atoms with Gasteiger partial charge in [0.1, 0.15) is 0 Å². The van der Waals surface area contributed by atoms with Crippen molar-refractivity contribution in [3.8, 4) is 0 Å². The van der Waals surface area contributed by atoms with Gasteiger partial charge in [0.05, 0.1) is 6.10 Å². The minimum absolute atomic E-state index is 0.189. The summed E-state index contributed by atoms with van der Waals surface area (Å²) in [4.78, 5) is 14.2. The summed E-state index contributed by atoms with van der Waals surface area (Å²) in [6.45, 7) is 0.813. The Morgan fingerprint density at radius 3 is 2.82 bits per heavy atom. The lowest BCUT2D eigenvalue weighted by atomic mass is 10.0. The summed E-state index contributed by atoms with van der Waals surface area (Å²) in [7, 11) is 0. The van der Waals surface area contributed by atoms with Crippen molar-refractivity contribution in [3.63, 3.8) is 0 Å². The van der Waals surface area contributed by atoms with E-state index in [4.69, 9.17) is 0 Å². The summed E-state index contributed by atoms with van der Waals surface area (Å²) in [5, 5.41) is 24.5. The molecule has 2 unspecified atom stereocenters. The molecule has 1 fully saturated rings. The molecule has 7 nitrogen and oxygen atoms in total. The van der Waals surface area contributed by atoms with Gasteiger partial charge in [0.2, 0.25) is 0 Å². The maximum absolute atomic E-state index is 12.2. The number of hydrogen-bond acceptors (Lipinski definition) is 6. The second-order valence-electron chi connectivity index (χ2n) is 7.34. The number of aliphatic hydroxyl groups is 1. The van der Waals surface area contributed by atoms with Crippen LogP contribution in [0.5, 0.6) is 0 Å². The summed E-state index contributed by atoms with van der Waals surface area (Å²) in [5.74, 6) is 1.61. The van der Waals surface area contributed by atoms with E-state index in [1.54, 1.807) is 0 Å². The number of rotatable bonds is 12. The maximum Gasteiger partial charge on any atom is 0.281 e. The predicted molar refractivity (Wildman–Crippen MR) is 110 cm³/mol. The van der Waals surface area contributed by atoms with E-state index in [0.29, 0.717) is 6.42 Å². The second kappa shape index (κ2) is 11.2. The third kappa shape index (κ3) is 6.60. The van der Waals surface area contributed by atoms with Crippen LogP contribution in [0.25, 0.3) is 0 Å². The molecule has 2 aromatic rings. The van der Waals surface area contributed by atoms with Crippen molar-refractivity contribution in [2.24, 2.45) is 0 Å². The van der Waals surface area contributed by atoms with E-state index in [2.05, 4.69) is 20.6 Å². The Kier molecular flexibility index (Phi) is 8.29. The monoisotopic (exact) mass is 403 g/mol. The van der Waals surface area contributed by atoms with Gasteiger partial charge in [0, 0.05) is 24.8 Å². The molecule has 0 radical (unpaired) electrons. The van der Waals surface area contributed by atoms with Crippen LogP contribution in [0.15, 0.2) is 30.3 Å². The molecule has 2 N–H and O–H groups in total. The number of nitrogens with one attached hydrogen (secondary N) is 1. The Hall–Kier alpha value is -1.93. The van der Waals surface area contributed by atoms with Gasteiger partial charge in [-0.1, -0.05) is 60.1 Å². The first-order valence-electron chi connectivity index (χ1n) is 10.1. The summed E-state index contributed by atoms with van der Waals surface area (Å²) >= 11 is 1.41. The summed E-state index contributed by atoms with van der Waals surface area (Å²) in [5.41, 5.74) is 1.16. The topological polar surface area (TPSA) is 95.0 Å². The number of tetrazole rings is 1. The molecule has 8 heteroatoms. The van der Waals surface area contributed by atoms with Crippen LogP contribution in [-0.4, -0.2) is 60.3 Å². The van der Waals surface area contributed by atoms with Gasteiger partial charge < -0.3 is 10.0 Å². The normalized spacial score (nSPS) is 18.0. The van der Waals surface area contributed by atoms with E-state index in [-0.39, 0.29) is 17.4 Å². The van der Waals surface area contributed by atoms with E-state index in [1.807, 2.05) is 35.2 Å². The Morgan fingerprint density at radius 2 is 2.04 bits per heavy atom. The molecule has 2 heterocycles. The number of aromatic amines is 1. The fourth-order valence-electron chi connectivity index (χ4n) is 3.58. The van der Waals surface area contributed by atoms with Gasteiger partial charge in [-0.3, -0.25) is 4.79 Å². The highest BCUT2D eigenvalue weighted by Gasteiger charge is 2.31. The van der Waals surface area contributed by atoms with Gasteiger partial charge in [0.15, 0.2) is 5.82 Å². The van der Waals surface area contributed by atoms with Crippen LogP contribution in [0.2, 0.25) is 0 Å². The Bertz CT molecular complexity index is 698. The van der Waals surface area contributed by atoms with Crippen LogP contribution in [0.3, 0.4) is 0 Å². The van der Waals surface area contributed by atoms with Gasteiger partial charge in [-0.2, -0.15) is 5.21 Å². The van der Waals surface area contributed by atoms with E-state index in [1.165, 1.54) is 11.8 Å². The van der Waals surface area contributed by atoms with Crippen LogP contribution in [0, 0.1) is 0 Å². The number of carbonyl (C=O) groups is 1. The van der Waals surface area contributed by atoms with Gasteiger partial charge >= 0.3 is 0 Å². The number of benzene rings is 1. The van der Waals surface area contributed by atoms with E-state index >= 15 is 0 Å². The summed E-state index contributed by atoms with van der Waals surface area (Å²) < 4.78 is 0. The molecule has 1 aromatic carbocycles. The largest absolute Gasteiger partial charge is 0.393 e. The molecule has 0 spiro atoms. The molecule has 1 aliphatic heterocycles. The smallest absolute Gasteiger partial charge is 0.281 e. The van der Waals surface area contributed by atoms with Crippen molar-refractivity contribution < 1.29 is 9.90 Å². The molecule has 1 saturated heterocycles. The molecule has 152 valence electrons. The molecule has 1 aromatic heterocycles. The number of aromatic nitrogens is 4. The minimum Gasteiger partial charge on any atom is -0.393 e. The number of H-pyrrole nitrogens is 1. The molecule has 2 atom stereocenters. The van der Waals surface area contributed by atoms with Gasteiger partial charge in [-0.25, -0.2) is 0 Å². The number of amides is 1. The van der Waals surface area contributed by atoms with Gasteiger partial charge in [-0.15, -0.1) is 10.2 Å². The number of hydrogen-bond donors (Lipinski definition) is 2. The van der Waals surface area contributed by atoms with Crippen LogP contribution in [0.1, 0.15) is 49.9 Å². The highest BCUT2D eigenvalue weighted by atomic mass is 32.2. The van der Waals surface area contributed by atoms with Crippen molar-refractivity contribution in [1.29, 1.82) is 0 Å². The summed E-state index contributed by atoms with van der Waals surface area (Å²) in [6, 6.07) is 10.3. The molecule has 0 bridgehead atoms. The number of unbranched alkanes of at least 4 members (excludes halogenated alkanes) is 3. The number of nitrogens with zero attached hydrogens (tertiary/aromatic N) is 4.